The van der Waals surface area contributed by atoms with Crippen LogP contribution in [0.1, 0.15) is 28.1 Å². The van der Waals surface area contributed by atoms with Crippen molar-refractivity contribution in [1.29, 1.82) is 0 Å². The normalized spacial score (nSPS) is 11.6. The zero-order valence-electron chi connectivity index (χ0n) is 20.1. The van der Waals surface area contributed by atoms with Crippen molar-refractivity contribution in [2.24, 2.45) is 5.10 Å². The van der Waals surface area contributed by atoms with Gasteiger partial charge in [-0.1, -0.05) is 24.3 Å². The number of anilines is 1. The lowest BCUT2D eigenvalue weighted by molar-refractivity contribution is -0.384. The average molecular weight is 498 g/mol. The number of benzene rings is 2. The van der Waals surface area contributed by atoms with Crippen molar-refractivity contribution in [3.8, 4) is 5.69 Å². The number of carbonyl (C=O) groups excluding carboxylic acids is 1. The van der Waals surface area contributed by atoms with Gasteiger partial charge in [-0.3, -0.25) is 19.2 Å². The van der Waals surface area contributed by atoms with Gasteiger partial charge < -0.3 is 4.57 Å². The molecule has 3 aromatic rings. The van der Waals surface area contributed by atoms with Crippen molar-refractivity contribution in [2.75, 3.05) is 17.1 Å². The number of hydrazone groups is 1. The van der Waals surface area contributed by atoms with Gasteiger partial charge >= 0.3 is 0 Å². The standard InChI is InChI=1S/C24H27N5O5S/c1-16-8-6-9-17(2)24(16)28-18(3)12-20(19(28)4)14-25-26-23(30)15-27(35(5,33)34)21-10-7-11-22(13-21)29(31)32/h6-14H,15H2,1-5H3,(H,26,30)/b25-14-. The number of sulfonamides is 1. The molecule has 0 aliphatic heterocycles. The quantitative estimate of drug-likeness (QED) is 0.289. The number of nitrogens with one attached hydrogen (secondary N) is 1. The molecule has 0 bridgehead atoms. The molecule has 0 radical (unpaired) electrons. The molecule has 10 nitrogen and oxygen atoms in total. The van der Waals surface area contributed by atoms with Crippen molar-refractivity contribution >= 4 is 33.5 Å². The van der Waals surface area contributed by atoms with Gasteiger partial charge in [0.1, 0.15) is 6.54 Å². The summed E-state index contributed by atoms with van der Waals surface area (Å²) in [6, 6.07) is 13.1. The fraction of sp³-hybridized carbons (Fsp3) is 0.250. The monoisotopic (exact) mass is 497 g/mol. The molecule has 0 atom stereocenters. The lowest BCUT2D eigenvalue weighted by Gasteiger charge is -2.21. The summed E-state index contributed by atoms with van der Waals surface area (Å²) in [5, 5.41) is 15.0. The van der Waals surface area contributed by atoms with Crippen molar-refractivity contribution in [3.05, 3.63) is 86.7 Å². The maximum absolute atomic E-state index is 12.5. The number of hydrogen-bond donors (Lipinski definition) is 1. The number of rotatable bonds is 8. The van der Waals surface area contributed by atoms with Crippen LogP contribution in [0, 0.1) is 37.8 Å². The van der Waals surface area contributed by atoms with Crippen LogP contribution in [0.2, 0.25) is 0 Å². The number of amides is 1. The van der Waals surface area contributed by atoms with E-state index in [1.54, 1.807) is 0 Å². The topological polar surface area (TPSA) is 127 Å². The van der Waals surface area contributed by atoms with Gasteiger partial charge in [0, 0.05) is 29.1 Å². The summed E-state index contributed by atoms with van der Waals surface area (Å²) in [5.41, 5.74) is 8.15. The molecular formula is C24H27N5O5S. The number of hydrogen-bond acceptors (Lipinski definition) is 6. The fourth-order valence-electron chi connectivity index (χ4n) is 3.92. The number of aryl methyl sites for hydroxylation is 3. The molecule has 0 saturated carbocycles. The Labute approximate surface area is 204 Å². The highest BCUT2D eigenvalue weighted by atomic mass is 32.2. The second kappa shape index (κ2) is 10.1. The van der Waals surface area contributed by atoms with Crippen LogP contribution < -0.4 is 9.73 Å². The summed E-state index contributed by atoms with van der Waals surface area (Å²) < 4.78 is 27.4. The molecule has 0 aliphatic rings. The van der Waals surface area contributed by atoms with E-state index in [2.05, 4.69) is 15.1 Å². The summed E-state index contributed by atoms with van der Waals surface area (Å²) >= 11 is 0. The van der Waals surface area contributed by atoms with Crippen LogP contribution in [0.3, 0.4) is 0 Å². The third-order valence-corrected chi connectivity index (χ3v) is 6.68. The summed E-state index contributed by atoms with van der Waals surface area (Å²) in [6.45, 7) is 7.44. The van der Waals surface area contributed by atoms with Gasteiger partial charge in [0.2, 0.25) is 10.0 Å². The molecular weight excluding hydrogens is 470 g/mol. The molecule has 184 valence electrons. The third-order valence-electron chi connectivity index (χ3n) is 5.54. The highest BCUT2D eigenvalue weighted by Crippen LogP contribution is 2.25. The largest absolute Gasteiger partial charge is 0.317 e. The molecule has 0 spiro atoms. The predicted molar refractivity (Wildman–Crippen MR) is 136 cm³/mol. The van der Waals surface area contributed by atoms with E-state index in [-0.39, 0.29) is 11.4 Å². The number of nitro groups is 1. The molecule has 2 aromatic carbocycles. The van der Waals surface area contributed by atoms with E-state index >= 15 is 0 Å². The smallest absolute Gasteiger partial charge is 0.271 e. The van der Waals surface area contributed by atoms with Crippen molar-refractivity contribution in [3.63, 3.8) is 0 Å². The third kappa shape index (κ3) is 5.75. The minimum atomic E-state index is -3.89. The van der Waals surface area contributed by atoms with Crippen molar-refractivity contribution in [2.45, 2.75) is 27.7 Å². The predicted octanol–water partition coefficient (Wildman–Crippen LogP) is 3.54. The molecule has 35 heavy (non-hydrogen) atoms. The van der Waals surface area contributed by atoms with Gasteiger partial charge in [-0.15, -0.1) is 0 Å². The van der Waals surface area contributed by atoms with E-state index in [4.69, 9.17) is 0 Å². The second-order valence-corrected chi connectivity index (χ2v) is 10.1. The lowest BCUT2D eigenvalue weighted by Crippen LogP contribution is -2.39. The molecule has 0 aliphatic carbocycles. The van der Waals surface area contributed by atoms with Crippen LogP contribution in [-0.2, 0) is 14.8 Å². The fourth-order valence-corrected chi connectivity index (χ4v) is 4.77. The molecule has 0 saturated heterocycles. The summed E-state index contributed by atoms with van der Waals surface area (Å²) in [6.07, 6.45) is 2.42. The maximum Gasteiger partial charge on any atom is 0.271 e. The summed E-state index contributed by atoms with van der Waals surface area (Å²) in [7, 11) is -3.89. The van der Waals surface area contributed by atoms with Gasteiger partial charge in [0.25, 0.3) is 11.6 Å². The van der Waals surface area contributed by atoms with Crippen LogP contribution >= 0.6 is 0 Å². The zero-order valence-corrected chi connectivity index (χ0v) is 21.0. The number of non-ortho nitro benzene ring substituents is 1. The first-order valence-electron chi connectivity index (χ1n) is 10.7. The van der Waals surface area contributed by atoms with Crippen LogP contribution in [-0.4, -0.2) is 42.8 Å². The molecule has 1 aromatic heterocycles. The minimum absolute atomic E-state index is 0.0120. The Balaban J connectivity index is 1.79. The van der Waals surface area contributed by atoms with E-state index < -0.39 is 27.4 Å². The van der Waals surface area contributed by atoms with Crippen LogP contribution in [0.15, 0.2) is 53.6 Å². The highest BCUT2D eigenvalue weighted by Gasteiger charge is 2.22. The Morgan fingerprint density at radius 1 is 1.11 bits per heavy atom. The van der Waals surface area contributed by atoms with Crippen LogP contribution in [0.25, 0.3) is 5.69 Å². The lowest BCUT2D eigenvalue weighted by atomic mass is 10.1. The molecule has 11 heteroatoms. The molecule has 3 rings (SSSR count). The highest BCUT2D eigenvalue weighted by molar-refractivity contribution is 7.92. The number of nitrogens with zero attached hydrogens (tertiary/aromatic N) is 4. The zero-order chi connectivity index (χ0) is 25.9. The molecule has 1 N–H and O–H groups in total. The Morgan fingerprint density at radius 2 is 1.74 bits per heavy atom. The Hall–Kier alpha value is -3.99. The Bertz CT molecular complexity index is 1410. The minimum Gasteiger partial charge on any atom is -0.317 e. The van der Waals surface area contributed by atoms with Gasteiger partial charge in [-0.05, 0) is 51.0 Å². The maximum atomic E-state index is 12.5. The van der Waals surface area contributed by atoms with E-state index in [9.17, 15) is 23.3 Å². The van der Waals surface area contributed by atoms with Gasteiger partial charge in [0.05, 0.1) is 28.8 Å². The number of para-hydroxylation sites is 1. The van der Waals surface area contributed by atoms with Gasteiger partial charge in [0.15, 0.2) is 0 Å². The Morgan fingerprint density at radius 3 is 2.34 bits per heavy atom. The van der Waals surface area contributed by atoms with Gasteiger partial charge in [-0.2, -0.15) is 5.10 Å². The van der Waals surface area contributed by atoms with E-state index in [0.29, 0.717) is 0 Å². The SMILES string of the molecule is Cc1cccc(C)c1-n1c(C)cc(/C=N\NC(=O)CN(c2cccc([N+](=O)[O-])c2)S(C)(=O)=O)c1C. The first kappa shape index (κ1) is 25.6. The van der Waals surface area contributed by atoms with Crippen LogP contribution in [0.4, 0.5) is 11.4 Å². The van der Waals surface area contributed by atoms with E-state index in [1.807, 2.05) is 52.0 Å². The van der Waals surface area contributed by atoms with Gasteiger partial charge in [-0.25, -0.2) is 13.8 Å². The Kier molecular flexibility index (Phi) is 7.39. The second-order valence-electron chi connectivity index (χ2n) is 8.24. The first-order chi connectivity index (χ1) is 16.4. The number of nitro benzene ring substituents is 1. The number of carbonyl (C=O) groups is 1. The van der Waals surface area contributed by atoms with Crippen molar-refractivity contribution < 1.29 is 18.1 Å². The molecule has 1 amide bonds. The van der Waals surface area contributed by atoms with Crippen molar-refractivity contribution in [1.82, 2.24) is 9.99 Å². The number of aromatic nitrogens is 1. The molecule has 0 unspecified atom stereocenters. The average Bonchev–Trinajstić information content (AvgIpc) is 3.04. The van der Waals surface area contributed by atoms with E-state index in [0.717, 1.165) is 50.4 Å². The first-order valence-corrected chi connectivity index (χ1v) is 12.5. The van der Waals surface area contributed by atoms with Crippen LogP contribution in [0.5, 0.6) is 0 Å². The van der Waals surface area contributed by atoms with E-state index in [1.165, 1.54) is 24.4 Å². The molecule has 1 heterocycles. The summed E-state index contributed by atoms with van der Waals surface area (Å²) in [4.78, 5) is 22.9. The molecule has 0 fully saturated rings. The summed E-state index contributed by atoms with van der Waals surface area (Å²) in [5.74, 6) is -0.693.